The van der Waals surface area contributed by atoms with Crippen LogP contribution in [0.2, 0.25) is 0 Å². The first kappa shape index (κ1) is 12.7. The summed E-state index contributed by atoms with van der Waals surface area (Å²) in [6.07, 6.45) is 3.46. The van der Waals surface area contributed by atoms with E-state index in [0.717, 1.165) is 11.3 Å². The molecule has 1 heterocycles. The first-order valence-corrected chi connectivity index (χ1v) is 5.57. The van der Waals surface area contributed by atoms with Gasteiger partial charge in [-0.1, -0.05) is 34.6 Å². The minimum absolute atomic E-state index is 0.0161. The molecule has 0 aliphatic rings. The normalized spacial score (nSPS) is 11.6. The van der Waals surface area contributed by atoms with Crippen LogP contribution < -0.4 is 5.32 Å². The highest BCUT2D eigenvalue weighted by Gasteiger charge is 2.22. The van der Waals surface area contributed by atoms with Crippen LogP contribution in [0.15, 0.2) is 18.5 Å². The van der Waals surface area contributed by atoms with E-state index in [4.69, 9.17) is 0 Å². The van der Waals surface area contributed by atoms with Crippen LogP contribution >= 0.6 is 0 Å². The van der Waals surface area contributed by atoms with Crippen LogP contribution in [0.5, 0.6) is 0 Å². The van der Waals surface area contributed by atoms with Crippen molar-refractivity contribution in [3.63, 3.8) is 0 Å². The lowest BCUT2D eigenvalue weighted by atomic mass is 9.95. The van der Waals surface area contributed by atoms with Crippen LogP contribution in [0.25, 0.3) is 0 Å². The third-order valence-electron chi connectivity index (χ3n) is 2.41. The maximum atomic E-state index is 11.9. The lowest BCUT2D eigenvalue weighted by Gasteiger charge is -2.20. The molecular formula is C13H20N2O. The van der Waals surface area contributed by atoms with Crippen molar-refractivity contribution in [1.82, 2.24) is 4.98 Å². The Morgan fingerprint density at radius 2 is 2.00 bits per heavy atom. The van der Waals surface area contributed by atoms with Crippen molar-refractivity contribution in [2.75, 3.05) is 5.32 Å². The van der Waals surface area contributed by atoms with Crippen molar-refractivity contribution in [2.45, 2.75) is 40.5 Å². The fourth-order valence-electron chi connectivity index (χ4n) is 1.32. The summed E-state index contributed by atoms with van der Waals surface area (Å²) in [4.78, 5) is 15.9. The van der Waals surface area contributed by atoms with Crippen LogP contribution in [0.1, 0.15) is 46.1 Å². The molecule has 0 aliphatic heterocycles. The Kier molecular flexibility index (Phi) is 3.68. The molecule has 0 aromatic carbocycles. The van der Waals surface area contributed by atoms with Crippen molar-refractivity contribution in [3.8, 4) is 0 Å². The lowest BCUT2D eigenvalue weighted by molar-refractivity contribution is -0.123. The second-order valence-corrected chi connectivity index (χ2v) is 5.32. The monoisotopic (exact) mass is 220 g/mol. The van der Waals surface area contributed by atoms with Crippen LogP contribution in [0, 0.1) is 5.41 Å². The molecule has 1 amide bonds. The zero-order valence-corrected chi connectivity index (χ0v) is 10.7. The van der Waals surface area contributed by atoms with E-state index in [2.05, 4.69) is 24.1 Å². The van der Waals surface area contributed by atoms with Crippen molar-refractivity contribution in [2.24, 2.45) is 5.41 Å². The quantitative estimate of drug-likeness (QED) is 0.831. The lowest BCUT2D eigenvalue weighted by Crippen LogP contribution is -2.28. The minimum Gasteiger partial charge on any atom is -0.324 e. The Labute approximate surface area is 97.3 Å². The Balaban J connectivity index is 2.94. The topological polar surface area (TPSA) is 42.0 Å². The molecule has 1 aromatic rings. The summed E-state index contributed by atoms with van der Waals surface area (Å²) in [5.41, 5.74) is 1.55. The van der Waals surface area contributed by atoms with E-state index in [1.807, 2.05) is 26.8 Å². The first-order valence-electron chi connectivity index (χ1n) is 5.57. The second-order valence-electron chi connectivity index (χ2n) is 5.32. The molecule has 88 valence electrons. The Bertz CT molecular complexity index is 378. The van der Waals surface area contributed by atoms with Gasteiger partial charge in [0.25, 0.3) is 0 Å². The largest absolute Gasteiger partial charge is 0.324 e. The van der Waals surface area contributed by atoms with Crippen molar-refractivity contribution >= 4 is 11.6 Å². The molecule has 0 saturated carbocycles. The van der Waals surface area contributed by atoms with E-state index in [1.165, 1.54) is 0 Å². The van der Waals surface area contributed by atoms with Crippen LogP contribution in [0.4, 0.5) is 5.69 Å². The van der Waals surface area contributed by atoms with E-state index in [1.54, 1.807) is 12.4 Å². The zero-order valence-electron chi connectivity index (χ0n) is 10.7. The maximum absolute atomic E-state index is 11.9. The van der Waals surface area contributed by atoms with Gasteiger partial charge in [-0.15, -0.1) is 0 Å². The van der Waals surface area contributed by atoms with E-state index >= 15 is 0 Å². The number of amides is 1. The van der Waals surface area contributed by atoms with Gasteiger partial charge >= 0.3 is 0 Å². The van der Waals surface area contributed by atoms with Crippen molar-refractivity contribution in [1.29, 1.82) is 0 Å². The summed E-state index contributed by atoms with van der Waals surface area (Å²) < 4.78 is 0. The summed E-state index contributed by atoms with van der Waals surface area (Å²) in [5, 5.41) is 2.93. The molecule has 0 radical (unpaired) electrons. The number of nitrogens with one attached hydrogen (secondary N) is 1. The predicted molar refractivity (Wildman–Crippen MR) is 66.4 cm³/mol. The number of nitrogens with zero attached hydrogens (tertiary/aromatic N) is 1. The van der Waals surface area contributed by atoms with E-state index < -0.39 is 0 Å². The standard InChI is InChI=1S/C13H20N2O/c1-9(2)10-6-7-14-8-11(10)15-12(16)13(3,4)5/h6-9H,1-5H3,(H,15,16). The van der Waals surface area contributed by atoms with E-state index in [0.29, 0.717) is 5.92 Å². The Hall–Kier alpha value is -1.38. The highest BCUT2D eigenvalue weighted by Crippen LogP contribution is 2.24. The Morgan fingerprint density at radius 1 is 1.38 bits per heavy atom. The van der Waals surface area contributed by atoms with Crippen molar-refractivity contribution < 1.29 is 4.79 Å². The molecule has 0 bridgehead atoms. The zero-order chi connectivity index (χ0) is 12.3. The maximum Gasteiger partial charge on any atom is 0.229 e. The molecule has 0 saturated heterocycles. The number of hydrogen-bond donors (Lipinski definition) is 1. The SMILES string of the molecule is CC(C)c1ccncc1NC(=O)C(C)(C)C. The number of pyridine rings is 1. The molecular weight excluding hydrogens is 200 g/mol. The van der Waals surface area contributed by atoms with Crippen LogP contribution in [-0.2, 0) is 4.79 Å². The number of aromatic nitrogens is 1. The third kappa shape index (κ3) is 3.05. The Morgan fingerprint density at radius 3 is 2.50 bits per heavy atom. The molecule has 3 heteroatoms. The van der Waals surface area contributed by atoms with Crippen molar-refractivity contribution in [3.05, 3.63) is 24.0 Å². The van der Waals surface area contributed by atoms with Gasteiger partial charge in [-0.05, 0) is 17.5 Å². The first-order chi connectivity index (χ1) is 7.32. The van der Waals surface area contributed by atoms with Gasteiger partial charge in [0.15, 0.2) is 0 Å². The average molecular weight is 220 g/mol. The number of hydrogen-bond acceptors (Lipinski definition) is 2. The molecule has 0 atom stereocenters. The molecule has 1 N–H and O–H groups in total. The van der Waals surface area contributed by atoms with Gasteiger partial charge in [0, 0.05) is 11.6 Å². The van der Waals surface area contributed by atoms with Crippen LogP contribution in [-0.4, -0.2) is 10.9 Å². The van der Waals surface area contributed by atoms with Gasteiger partial charge < -0.3 is 5.32 Å². The molecule has 3 nitrogen and oxygen atoms in total. The van der Waals surface area contributed by atoms with Gasteiger partial charge in [0.1, 0.15) is 0 Å². The number of anilines is 1. The average Bonchev–Trinajstić information content (AvgIpc) is 2.16. The van der Waals surface area contributed by atoms with Gasteiger partial charge in [-0.2, -0.15) is 0 Å². The number of carbonyl (C=O) groups is 1. The fraction of sp³-hybridized carbons (Fsp3) is 0.538. The molecule has 0 aliphatic carbocycles. The predicted octanol–water partition coefficient (Wildman–Crippen LogP) is 3.19. The molecule has 1 aromatic heterocycles. The highest BCUT2D eigenvalue weighted by molar-refractivity contribution is 5.95. The van der Waals surface area contributed by atoms with Gasteiger partial charge in [0.2, 0.25) is 5.91 Å². The van der Waals surface area contributed by atoms with E-state index in [9.17, 15) is 4.79 Å². The number of rotatable bonds is 2. The van der Waals surface area contributed by atoms with Gasteiger partial charge in [-0.25, -0.2) is 0 Å². The second kappa shape index (κ2) is 4.64. The van der Waals surface area contributed by atoms with Gasteiger partial charge in [-0.3, -0.25) is 9.78 Å². The van der Waals surface area contributed by atoms with Gasteiger partial charge in [0.05, 0.1) is 11.9 Å². The molecule has 0 fully saturated rings. The number of carbonyl (C=O) groups excluding carboxylic acids is 1. The fourth-order valence-corrected chi connectivity index (χ4v) is 1.32. The summed E-state index contributed by atoms with van der Waals surface area (Å²) >= 11 is 0. The molecule has 0 spiro atoms. The highest BCUT2D eigenvalue weighted by atomic mass is 16.2. The summed E-state index contributed by atoms with van der Waals surface area (Å²) in [5.74, 6) is 0.390. The molecule has 0 unspecified atom stereocenters. The van der Waals surface area contributed by atoms with E-state index in [-0.39, 0.29) is 11.3 Å². The summed E-state index contributed by atoms with van der Waals surface area (Å²) in [6, 6.07) is 1.95. The summed E-state index contributed by atoms with van der Waals surface area (Å²) in [7, 11) is 0. The smallest absolute Gasteiger partial charge is 0.229 e. The summed E-state index contributed by atoms with van der Waals surface area (Å²) in [6.45, 7) is 9.89. The third-order valence-corrected chi connectivity index (χ3v) is 2.41. The molecule has 1 rings (SSSR count). The minimum atomic E-state index is -0.385. The molecule has 16 heavy (non-hydrogen) atoms. The van der Waals surface area contributed by atoms with Crippen LogP contribution in [0.3, 0.4) is 0 Å².